The molecule has 0 spiro atoms. The first kappa shape index (κ1) is 13.8. The molecular formula is C12H13N3O5. The van der Waals surface area contributed by atoms with Gasteiger partial charge in [-0.2, -0.15) is 0 Å². The quantitative estimate of drug-likeness (QED) is 0.600. The zero-order chi connectivity index (χ0) is 14.7. The number of benzene rings is 1. The maximum absolute atomic E-state index is 12.0. The Morgan fingerprint density at radius 1 is 1.40 bits per heavy atom. The highest BCUT2D eigenvalue weighted by Gasteiger charge is 2.27. The van der Waals surface area contributed by atoms with Crippen LogP contribution in [0.2, 0.25) is 0 Å². The predicted molar refractivity (Wildman–Crippen MR) is 69.5 cm³/mol. The molecule has 3 amide bonds. The van der Waals surface area contributed by atoms with Gasteiger partial charge in [0.15, 0.2) is 6.10 Å². The SMILES string of the molecule is O=C1CN(C(=O)NCC(O)C(=O)O)c2ccccc2N1. The maximum Gasteiger partial charge on any atom is 0.334 e. The lowest BCUT2D eigenvalue weighted by molar-refractivity contribution is -0.146. The number of carbonyl (C=O) groups excluding carboxylic acids is 2. The van der Waals surface area contributed by atoms with Gasteiger partial charge in [-0.3, -0.25) is 9.69 Å². The zero-order valence-corrected chi connectivity index (χ0v) is 10.4. The summed E-state index contributed by atoms with van der Waals surface area (Å²) in [6, 6.07) is 6.09. The number of aliphatic hydroxyl groups is 1. The average molecular weight is 279 g/mol. The summed E-state index contributed by atoms with van der Waals surface area (Å²) in [6.07, 6.45) is -1.69. The third kappa shape index (κ3) is 2.86. The van der Waals surface area contributed by atoms with E-state index in [1.54, 1.807) is 24.3 Å². The van der Waals surface area contributed by atoms with E-state index in [-0.39, 0.29) is 12.5 Å². The summed E-state index contributed by atoms with van der Waals surface area (Å²) >= 11 is 0. The van der Waals surface area contributed by atoms with Crippen LogP contribution in [0.1, 0.15) is 0 Å². The first-order chi connectivity index (χ1) is 9.49. The third-order valence-electron chi connectivity index (χ3n) is 2.75. The Kier molecular flexibility index (Phi) is 3.85. The molecule has 1 heterocycles. The van der Waals surface area contributed by atoms with Crippen LogP contribution in [0.3, 0.4) is 0 Å². The number of hydrogen-bond donors (Lipinski definition) is 4. The van der Waals surface area contributed by atoms with Gasteiger partial charge in [-0.05, 0) is 12.1 Å². The second-order valence-electron chi connectivity index (χ2n) is 4.19. The molecule has 0 saturated carbocycles. The number of carboxylic acid groups (broad SMARTS) is 1. The molecule has 1 aromatic rings. The third-order valence-corrected chi connectivity index (χ3v) is 2.75. The number of carboxylic acids is 1. The van der Waals surface area contributed by atoms with Crippen LogP contribution in [-0.2, 0) is 9.59 Å². The van der Waals surface area contributed by atoms with Crippen molar-refractivity contribution in [2.24, 2.45) is 0 Å². The summed E-state index contributed by atoms with van der Waals surface area (Å²) in [7, 11) is 0. The van der Waals surface area contributed by atoms with Crippen molar-refractivity contribution in [2.75, 3.05) is 23.3 Å². The van der Waals surface area contributed by atoms with Gasteiger partial charge in [0.1, 0.15) is 6.54 Å². The van der Waals surface area contributed by atoms with E-state index in [0.717, 1.165) is 0 Å². The lowest BCUT2D eigenvalue weighted by Crippen LogP contribution is -2.49. The molecule has 20 heavy (non-hydrogen) atoms. The zero-order valence-electron chi connectivity index (χ0n) is 10.4. The molecule has 0 aromatic heterocycles. The van der Waals surface area contributed by atoms with Gasteiger partial charge in [0.25, 0.3) is 0 Å². The van der Waals surface area contributed by atoms with Crippen LogP contribution in [0.4, 0.5) is 16.2 Å². The molecule has 0 fully saturated rings. The number of amides is 3. The van der Waals surface area contributed by atoms with Gasteiger partial charge in [0.05, 0.1) is 17.9 Å². The van der Waals surface area contributed by atoms with Gasteiger partial charge in [0, 0.05) is 0 Å². The Bertz CT molecular complexity index is 560. The molecule has 0 radical (unpaired) electrons. The van der Waals surface area contributed by atoms with E-state index in [1.165, 1.54) is 4.90 Å². The molecular weight excluding hydrogens is 266 g/mol. The molecule has 8 nitrogen and oxygen atoms in total. The minimum absolute atomic E-state index is 0.175. The van der Waals surface area contributed by atoms with Crippen molar-refractivity contribution in [3.05, 3.63) is 24.3 Å². The Labute approximate surface area is 114 Å². The Balaban J connectivity index is 2.10. The Morgan fingerprint density at radius 2 is 2.10 bits per heavy atom. The Morgan fingerprint density at radius 3 is 2.80 bits per heavy atom. The standard InChI is InChI=1S/C12H13N3O5/c16-9(11(18)19)5-13-12(20)15-6-10(17)14-7-3-1-2-4-8(7)15/h1-4,9,16H,5-6H2,(H,13,20)(H,14,17)(H,18,19). The monoisotopic (exact) mass is 279 g/mol. The van der Waals surface area contributed by atoms with Crippen LogP contribution in [0, 0.1) is 0 Å². The van der Waals surface area contributed by atoms with Crippen molar-refractivity contribution in [1.29, 1.82) is 0 Å². The van der Waals surface area contributed by atoms with E-state index in [9.17, 15) is 14.4 Å². The van der Waals surface area contributed by atoms with Crippen LogP contribution < -0.4 is 15.5 Å². The van der Waals surface area contributed by atoms with Crippen molar-refractivity contribution >= 4 is 29.3 Å². The Hall–Kier alpha value is -2.61. The maximum atomic E-state index is 12.0. The second-order valence-corrected chi connectivity index (χ2v) is 4.19. The summed E-state index contributed by atoms with van der Waals surface area (Å²) in [5.74, 6) is -1.78. The van der Waals surface area contributed by atoms with Gasteiger partial charge in [0.2, 0.25) is 5.91 Å². The number of fused-ring (bicyclic) bond motifs is 1. The normalized spacial score (nSPS) is 15.1. The molecule has 1 aliphatic heterocycles. The predicted octanol–water partition coefficient (Wildman–Crippen LogP) is -0.400. The summed E-state index contributed by atoms with van der Waals surface area (Å²) in [6.45, 7) is -0.611. The van der Waals surface area contributed by atoms with Crippen LogP contribution >= 0.6 is 0 Å². The number of aliphatic carboxylic acids is 1. The summed E-state index contributed by atoms with van der Waals surface area (Å²) in [5.41, 5.74) is 1.01. The number of urea groups is 1. The lowest BCUT2D eigenvalue weighted by Gasteiger charge is -2.29. The molecule has 4 N–H and O–H groups in total. The van der Waals surface area contributed by atoms with Gasteiger partial charge < -0.3 is 20.8 Å². The van der Waals surface area contributed by atoms with E-state index < -0.39 is 24.6 Å². The second kappa shape index (κ2) is 5.57. The first-order valence-electron chi connectivity index (χ1n) is 5.84. The van der Waals surface area contributed by atoms with E-state index in [0.29, 0.717) is 11.4 Å². The molecule has 1 unspecified atom stereocenters. The van der Waals surface area contributed by atoms with Crippen LogP contribution in [0.15, 0.2) is 24.3 Å². The van der Waals surface area contributed by atoms with Crippen molar-refractivity contribution in [3.63, 3.8) is 0 Å². The highest BCUT2D eigenvalue weighted by atomic mass is 16.4. The number of rotatable bonds is 3. The van der Waals surface area contributed by atoms with Crippen molar-refractivity contribution < 1.29 is 24.6 Å². The van der Waals surface area contributed by atoms with Crippen LogP contribution in [-0.4, -0.2) is 47.3 Å². The minimum atomic E-state index is -1.69. The van der Waals surface area contributed by atoms with E-state index in [1.807, 2.05) is 0 Å². The fourth-order valence-electron chi connectivity index (χ4n) is 1.78. The number of nitrogens with zero attached hydrogens (tertiary/aromatic N) is 1. The largest absolute Gasteiger partial charge is 0.479 e. The highest BCUT2D eigenvalue weighted by molar-refractivity contribution is 6.09. The topological polar surface area (TPSA) is 119 Å². The molecule has 0 bridgehead atoms. The fraction of sp³-hybridized carbons (Fsp3) is 0.250. The summed E-state index contributed by atoms with van der Waals surface area (Å²) in [4.78, 5) is 35.1. The van der Waals surface area contributed by atoms with Crippen LogP contribution in [0.5, 0.6) is 0 Å². The number of nitrogens with one attached hydrogen (secondary N) is 2. The lowest BCUT2D eigenvalue weighted by atomic mass is 10.2. The summed E-state index contributed by atoms with van der Waals surface area (Å²) < 4.78 is 0. The van der Waals surface area contributed by atoms with Crippen molar-refractivity contribution in [2.45, 2.75) is 6.10 Å². The average Bonchev–Trinajstić information content (AvgIpc) is 2.43. The number of para-hydroxylation sites is 2. The molecule has 8 heteroatoms. The first-order valence-corrected chi connectivity index (χ1v) is 5.84. The van der Waals surface area contributed by atoms with Gasteiger partial charge in [-0.1, -0.05) is 12.1 Å². The van der Waals surface area contributed by atoms with Crippen molar-refractivity contribution in [1.82, 2.24) is 5.32 Å². The van der Waals surface area contributed by atoms with Gasteiger partial charge >= 0.3 is 12.0 Å². The van der Waals surface area contributed by atoms with Crippen LogP contribution in [0.25, 0.3) is 0 Å². The van der Waals surface area contributed by atoms with Crippen molar-refractivity contribution in [3.8, 4) is 0 Å². The molecule has 2 rings (SSSR count). The number of anilines is 2. The van der Waals surface area contributed by atoms with Gasteiger partial charge in [-0.25, -0.2) is 9.59 Å². The van der Waals surface area contributed by atoms with E-state index in [2.05, 4.69) is 10.6 Å². The fourth-order valence-corrected chi connectivity index (χ4v) is 1.78. The molecule has 106 valence electrons. The molecule has 0 saturated heterocycles. The number of aliphatic hydroxyl groups excluding tert-OH is 1. The molecule has 1 aromatic carbocycles. The van der Waals surface area contributed by atoms with E-state index in [4.69, 9.17) is 10.2 Å². The summed E-state index contributed by atoms with van der Waals surface area (Å²) in [5, 5.41) is 22.5. The highest BCUT2D eigenvalue weighted by Crippen LogP contribution is 2.28. The number of hydrogen-bond acceptors (Lipinski definition) is 4. The molecule has 1 atom stereocenters. The molecule has 1 aliphatic rings. The van der Waals surface area contributed by atoms with E-state index >= 15 is 0 Å². The minimum Gasteiger partial charge on any atom is -0.479 e. The number of carbonyl (C=O) groups is 3. The smallest absolute Gasteiger partial charge is 0.334 e. The molecule has 0 aliphatic carbocycles. The van der Waals surface area contributed by atoms with Gasteiger partial charge in [-0.15, -0.1) is 0 Å².